The maximum Gasteiger partial charge on any atom is 0.229 e. The first-order valence-electron chi connectivity index (χ1n) is 11.5. The second-order valence-electron chi connectivity index (χ2n) is 9.18. The molecule has 2 aromatic heterocycles. The number of thiocarbonyl (C=S) groups is 1. The second kappa shape index (κ2) is 8.83. The van der Waals surface area contributed by atoms with Gasteiger partial charge in [-0.05, 0) is 80.9 Å². The maximum absolute atomic E-state index is 12.0. The first kappa shape index (κ1) is 23.6. The molecule has 2 atom stereocenters. The molecule has 1 aromatic carbocycles. The Kier molecular flexibility index (Phi) is 5.96. The summed E-state index contributed by atoms with van der Waals surface area (Å²) in [6.45, 7) is 4.32. The van der Waals surface area contributed by atoms with Gasteiger partial charge < -0.3 is 19.5 Å². The number of rotatable bonds is 7. The van der Waals surface area contributed by atoms with Gasteiger partial charge in [0.1, 0.15) is 5.75 Å². The lowest BCUT2D eigenvalue weighted by atomic mass is 9.96. The molecule has 2 N–H and O–H groups in total. The number of sulfonamides is 1. The Balaban J connectivity index is 1.65. The Morgan fingerprint density at radius 1 is 1.17 bits per heavy atom. The topological polar surface area (TPSA) is 88.5 Å². The normalized spacial score (nSPS) is 20.1. The summed E-state index contributed by atoms with van der Waals surface area (Å²) >= 11 is 5.85. The first-order chi connectivity index (χ1) is 16.7. The minimum atomic E-state index is -3.50. The molecular formula is C25H29N5O3S2. The average Bonchev–Trinajstić information content (AvgIpc) is 3.52. The van der Waals surface area contributed by atoms with Crippen molar-refractivity contribution in [2.24, 2.45) is 0 Å². The van der Waals surface area contributed by atoms with Crippen molar-refractivity contribution in [1.82, 2.24) is 14.9 Å². The summed E-state index contributed by atoms with van der Waals surface area (Å²) in [5.41, 5.74) is 5.63. The van der Waals surface area contributed by atoms with Crippen LogP contribution in [0.3, 0.4) is 0 Å². The van der Waals surface area contributed by atoms with Crippen molar-refractivity contribution in [2.45, 2.75) is 44.8 Å². The van der Waals surface area contributed by atoms with E-state index in [0.29, 0.717) is 22.6 Å². The van der Waals surface area contributed by atoms with E-state index >= 15 is 0 Å². The molecule has 0 bridgehead atoms. The number of pyridine rings is 1. The number of methoxy groups -OCH3 is 1. The van der Waals surface area contributed by atoms with Crippen LogP contribution < -0.4 is 19.7 Å². The van der Waals surface area contributed by atoms with Gasteiger partial charge in [0.25, 0.3) is 0 Å². The lowest BCUT2D eigenvalue weighted by Gasteiger charge is -2.29. The maximum atomic E-state index is 12.0. The molecule has 184 valence electrons. The first-order valence-corrected chi connectivity index (χ1v) is 13.8. The number of aryl methyl sites for hydroxylation is 1. The lowest BCUT2D eigenvalue weighted by Crippen LogP contribution is -2.29. The number of aromatic nitrogens is 2. The van der Waals surface area contributed by atoms with Gasteiger partial charge in [0.2, 0.25) is 10.0 Å². The molecule has 3 heterocycles. The van der Waals surface area contributed by atoms with Gasteiger partial charge in [-0.1, -0.05) is 6.07 Å². The molecule has 10 heteroatoms. The second-order valence-corrected chi connectivity index (χ2v) is 11.3. The SMILES string of the molecule is COc1ccc(N2C(=S)NC(c3ccccn3)C2c2cc(C)n(C3CC3)c2C)cc1NS(C)(=O)=O. The third-order valence-electron chi connectivity index (χ3n) is 6.61. The highest BCUT2D eigenvalue weighted by Crippen LogP contribution is 2.46. The zero-order chi connectivity index (χ0) is 24.9. The summed E-state index contributed by atoms with van der Waals surface area (Å²) in [5, 5.41) is 4.03. The van der Waals surface area contributed by atoms with Crippen molar-refractivity contribution in [3.63, 3.8) is 0 Å². The van der Waals surface area contributed by atoms with Gasteiger partial charge in [0, 0.05) is 29.3 Å². The number of ether oxygens (including phenoxy) is 1. The zero-order valence-electron chi connectivity index (χ0n) is 20.1. The van der Waals surface area contributed by atoms with Crippen LogP contribution in [-0.4, -0.2) is 36.4 Å². The van der Waals surface area contributed by atoms with E-state index in [0.717, 1.165) is 17.6 Å². The minimum Gasteiger partial charge on any atom is -0.495 e. The molecule has 0 radical (unpaired) electrons. The molecule has 2 fully saturated rings. The molecule has 1 aliphatic heterocycles. The predicted octanol–water partition coefficient (Wildman–Crippen LogP) is 4.39. The number of hydrogen-bond acceptors (Lipinski definition) is 5. The van der Waals surface area contributed by atoms with E-state index in [2.05, 4.69) is 44.4 Å². The molecule has 5 rings (SSSR count). The van der Waals surface area contributed by atoms with Gasteiger partial charge in [-0.3, -0.25) is 9.71 Å². The van der Waals surface area contributed by atoms with Crippen LogP contribution in [0.4, 0.5) is 11.4 Å². The lowest BCUT2D eigenvalue weighted by molar-refractivity contribution is 0.417. The molecule has 0 amide bonds. The molecule has 3 aromatic rings. The molecule has 0 spiro atoms. The van der Waals surface area contributed by atoms with Crippen molar-refractivity contribution >= 4 is 38.7 Å². The van der Waals surface area contributed by atoms with E-state index < -0.39 is 10.0 Å². The number of nitrogens with zero attached hydrogens (tertiary/aromatic N) is 3. The largest absolute Gasteiger partial charge is 0.495 e. The molecule has 1 aliphatic carbocycles. The van der Waals surface area contributed by atoms with E-state index in [1.54, 1.807) is 18.3 Å². The highest BCUT2D eigenvalue weighted by molar-refractivity contribution is 7.92. The monoisotopic (exact) mass is 511 g/mol. The quantitative estimate of drug-likeness (QED) is 0.455. The standard InChI is InChI=1S/C25H29N5O3S2/c1-15-13-19(16(2)29(15)17-8-9-17)24-23(20-7-5-6-12-26-20)27-25(34)30(24)18-10-11-22(33-3)21(14-18)28-35(4,31)32/h5-7,10-14,17,23-24,28H,8-9H2,1-4H3,(H,27,34). The van der Waals surface area contributed by atoms with Crippen LogP contribution in [0.25, 0.3) is 0 Å². The molecule has 1 saturated carbocycles. The van der Waals surface area contributed by atoms with Crippen LogP contribution in [0.1, 0.15) is 53.6 Å². The Morgan fingerprint density at radius 3 is 2.57 bits per heavy atom. The van der Waals surface area contributed by atoms with E-state index in [1.807, 2.05) is 24.3 Å². The van der Waals surface area contributed by atoms with Gasteiger partial charge >= 0.3 is 0 Å². The van der Waals surface area contributed by atoms with E-state index in [9.17, 15) is 8.42 Å². The highest BCUT2D eigenvalue weighted by Gasteiger charge is 2.43. The third-order valence-corrected chi connectivity index (χ3v) is 7.51. The Hall–Kier alpha value is -3.11. The molecule has 8 nitrogen and oxygen atoms in total. The summed E-state index contributed by atoms with van der Waals surface area (Å²) in [4.78, 5) is 6.69. The molecule has 35 heavy (non-hydrogen) atoms. The van der Waals surface area contributed by atoms with Crippen LogP contribution in [0.15, 0.2) is 48.7 Å². The van der Waals surface area contributed by atoms with Crippen molar-refractivity contribution in [3.05, 3.63) is 71.3 Å². The molecule has 1 saturated heterocycles. The number of nitrogens with one attached hydrogen (secondary N) is 2. The number of benzene rings is 1. The fourth-order valence-electron chi connectivity index (χ4n) is 5.07. The average molecular weight is 512 g/mol. The van der Waals surface area contributed by atoms with E-state index in [-0.39, 0.29) is 12.1 Å². The summed E-state index contributed by atoms with van der Waals surface area (Å²) in [5.74, 6) is 0.432. The Morgan fingerprint density at radius 2 is 1.94 bits per heavy atom. The fourth-order valence-corrected chi connectivity index (χ4v) is 5.98. The van der Waals surface area contributed by atoms with Crippen LogP contribution in [0.2, 0.25) is 0 Å². The van der Waals surface area contributed by atoms with Gasteiger partial charge in [-0.25, -0.2) is 8.42 Å². The van der Waals surface area contributed by atoms with E-state index in [1.165, 1.54) is 36.9 Å². The molecule has 2 aliphatic rings. The molecule has 2 unspecified atom stereocenters. The predicted molar refractivity (Wildman–Crippen MR) is 142 cm³/mol. The van der Waals surface area contributed by atoms with Crippen LogP contribution in [0.5, 0.6) is 5.75 Å². The van der Waals surface area contributed by atoms with Crippen molar-refractivity contribution in [1.29, 1.82) is 0 Å². The van der Waals surface area contributed by atoms with Gasteiger partial charge in [-0.15, -0.1) is 0 Å². The minimum absolute atomic E-state index is 0.171. The van der Waals surface area contributed by atoms with Crippen molar-refractivity contribution in [3.8, 4) is 5.75 Å². The summed E-state index contributed by atoms with van der Waals surface area (Å²) in [6, 6.07) is 13.7. The highest BCUT2D eigenvalue weighted by atomic mass is 32.2. The van der Waals surface area contributed by atoms with Crippen molar-refractivity contribution < 1.29 is 13.2 Å². The van der Waals surface area contributed by atoms with Gasteiger partial charge in [-0.2, -0.15) is 0 Å². The third kappa shape index (κ3) is 4.48. The van der Waals surface area contributed by atoms with E-state index in [4.69, 9.17) is 17.0 Å². The summed E-state index contributed by atoms with van der Waals surface area (Å²) in [6.07, 6.45) is 5.30. The fraction of sp³-hybridized carbons (Fsp3) is 0.360. The van der Waals surface area contributed by atoms with Crippen LogP contribution in [0, 0.1) is 13.8 Å². The Bertz CT molecular complexity index is 1380. The van der Waals surface area contributed by atoms with Gasteiger partial charge in [0.15, 0.2) is 5.11 Å². The van der Waals surface area contributed by atoms with Crippen LogP contribution >= 0.6 is 12.2 Å². The van der Waals surface area contributed by atoms with Gasteiger partial charge in [0.05, 0.1) is 36.8 Å². The summed E-state index contributed by atoms with van der Waals surface area (Å²) < 4.78 is 34.4. The zero-order valence-corrected chi connectivity index (χ0v) is 21.8. The number of anilines is 2. The molecular weight excluding hydrogens is 482 g/mol. The number of hydrogen-bond donors (Lipinski definition) is 2. The Labute approximate surface area is 211 Å². The summed E-state index contributed by atoms with van der Waals surface area (Å²) in [7, 11) is -1.99. The van der Waals surface area contributed by atoms with Crippen LogP contribution in [-0.2, 0) is 10.0 Å². The van der Waals surface area contributed by atoms with Crippen molar-refractivity contribution in [2.75, 3.05) is 23.0 Å². The smallest absolute Gasteiger partial charge is 0.229 e.